The Morgan fingerprint density at radius 3 is 2.75 bits per heavy atom. The minimum atomic E-state index is -0.153. The second-order valence-electron chi connectivity index (χ2n) is 4.27. The van der Waals surface area contributed by atoms with Crippen LogP contribution in [0, 0.1) is 5.92 Å². The Labute approximate surface area is 73.8 Å². The first-order chi connectivity index (χ1) is 5.70. The summed E-state index contributed by atoms with van der Waals surface area (Å²) in [6, 6.07) is 1.02. The Hall–Kier alpha value is -0.120. The first kappa shape index (κ1) is 8.48. The summed E-state index contributed by atoms with van der Waals surface area (Å²) in [5, 5.41) is 13.0. The number of hydrogen-bond acceptors (Lipinski definition) is 3. The zero-order valence-electron chi connectivity index (χ0n) is 7.83. The standard InChI is InChI=1S/C9H18N2O/c1-6(2)11-5-7-3-10-4-8(12)9(7)11/h6-10,12H,3-5H2,1-2H3. The molecule has 2 aliphatic rings. The van der Waals surface area contributed by atoms with Gasteiger partial charge in [-0.1, -0.05) is 0 Å². The number of likely N-dealkylation sites (tertiary alicyclic amines) is 1. The van der Waals surface area contributed by atoms with E-state index >= 15 is 0 Å². The van der Waals surface area contributed by atoms with Crippen molar-refractivity contribution >= 4 is 0 Å². The molecule has 0 aromatic heterocycles. The number of β-amino-alcohol motifs (C(OH)–C–C–N with tert-alkyl or cyclic N) is 1. The lowest BCUT2D eigenvalue weighted by Crippen LogP contribution is -2.70. The molecule has 0 saturated carbocycles. The monoisotopic (exact) mass is 170 g/mol. The second kappa shape index (κ2) is 2.98. The maximum Gasteiger partial charge on any atom is 0.0823 e. The Morgan fingerprint density at radius 1 is 1.42 bits per heavy atom. The summed E-state index contributed by atoms with van der Waals surface area (Å²) >= 11 is 0. The van der Waals surface area contributed by atoms with Crippen LogP contribution in [0.4, 0.5) is 0 Å². The number of rotatable bonds is 1. The molecule has 0 aliphatic carbocycles. The first-order valence-corrected chi connectivity index (χ1v) is 4.84. The highest BCUT2D eigenvalue weighted by Gasteiger charge is 2.45. The van der Waals surface area contributed by atoms with E-state index in [4.69, 9.17) is 0 Å². The summed E-state index contributed by atoms with van der Waals surface area (Å²) in [5.41, 5.74) is 0. The fourth-order valence-corrected chi connectivity index (χ4v) is 2.45. The van der Waals surface area contributed by atoms with E-state index in [0.717, 1.165) is 19.6 Å². The number of nitrogens with one attached hydrogen (secondary N) is 1. The number of aliphatic hydroxyl groups excluding tert-OH is 1. The summed E-state index contributed by atoms with van der Waals surface area (Å²) < 4.78 is 0. The lowest BCUT2D eigenvalue weighted by Gasteiger charge is -2.55. The number of piperidine rings is 1. The highest BCUT2D eigenvalue weighted by atomic mass is 16.3. The molecule has 2 saturated heterocycles. The Bertz CT molecular complexity index is 166. The summed E-state index contributed by atoms with van der Waals surface area (Å²) in [6.45, 7) is 7.41. The molecule has 2 fully saturated rings. The van der Waals surface area contributed by atoms with Crippen molar-refractivity contribution in [2.75, 3.05) is 19.6 Å². The molecule has 0 radical (unpaired) electrons. The van der Waals surface area contributed by atoms with Gasteiger partial charge in [0, 0.05) is 37.6 Å². The third kappa shape index (κ3) is 1.16. The van der Waals surface area contributed by atoms with E-state index in [0.29, 0.717) is 18.0 Å². The average molecular weight is 170 g/mol. The minimum absolute atomic E-state index is 0.153. The topological polar surface area (TPSA) is 35.5 Å². The summed E-state index contributed by atoms with van der Waals surface area (Å²) in [7, 11) is 0. The van der Waals surface area contributed by atoms with Crippen LogP contribution in [0.3, 0.4) is 0 Å². The smallest absolute Gasteiger partial charge is 0.0823 e. The van der Waals surface area contributed by atoms with E-state index in [1.165, 1.54) is 0 Å². The quantitative estimate of drug-likeness (QED) is 0.565. The number of fused-ring (bicyclic) bond motifs is 1. The number of aliphatic hydroxyl groups is 1. The Balaban J connectivity index is 1.99. The highest BCUT2D eigenvalue weighted by Crippen LogP contribution is 2.31. The molecule has 0 aromatic carbocycles. The molecule has 2 N–H and O–H groups in total. The van der Waals surface area contributed by atoms with Crippen LogP contribution in [0.1, 0.15) is 13.8 Å². The maximum atomic E-state index is 9.71. The van der Waals surface area contributed by atoms with Gasteiger partial charge in [-0.25, -0.2) is 0 Å². The van der Waals surface area contributed by atoms with Gasteiger partial charge >= 0.3 is 0 Å². The minimum Gasteiger partial charge on any atom is -0.390 e. The largest absolute Gasteiger partial charge is 0.390 e. The van der Waals surface area contributed by atoms with Gasteiger partial charge < -0.3 is 10.4 Å². The number of nitrogens with zero attached hydrogens (tertiary/aromatic N) is 1. The SMILES string of the molecule is CC(C)N1CC2CNCC(O)C21. The normalized spacial score (nSPS) is 42.5. The van der Waals surface area contributed by atoms with Crippen LogP contribution >= 0.6 is 0 Å². The molecule has 2 heterocycles. The van der Waals surface area contributed by atoms with Crippen LogP contribution in [0.2, 0.25) is 0 Å². The molecular weight excluding hydrogens is 152 g/mol. The number of hydrogen-bond donors (Lipinski definition) is 2. The van der Waals surface area contributed by atoms with Gasteiger partial charge in [-0.15, -0.1) is 0 Å². The molecule has 0 bridgehead atoms. The van der Waals surface area contributed by atoms with Gasteiger partial charge in [-0.2, -0.15) is 0 Å². The van der Waals surface area contributed by atoms with Crippen molar-refractivity contribution in [3.05, 3.63) is 0 Å². The molecule has 2 rings (SSSR count). The van der Waals surface area contributed by atoms with Crippen LogP contribution < -0.4 is 5.32 Å². The van der Waals surface area contributed by atoms with Crippen molar-refractivity contribution < 1.29 is 5.11 Å². The van der Waals surface area contributed by atoms with E-state index in [1.807, 2.05) is 0 Å². The van der Waals surface area contributed by atoms with E-state index < -0.39 is 0 Å². The molecule has 3 nitrogen and oxygen atoms in total. The molecule has 12 heavy (non-hydrogen) atoms. The van der Waals surface area contributed by atoms with Crippen molar-refractivity contribution in [2.24, 2.45) is 5.92 Å². The third-order valence-electron chi connectivity index (χ3n) is 3.13. The van der Waals surface area contributed by atoms with Crippen molar-refractivity contribution in [3.8, 4) is 0 Å². The molecular formula is C9H18N2O. The summed E-state index contributed by atoms with van der Waals surface area (Å²) in [5.74, 6) is 0.691. The molecule has 2 aliphatic heterocycles. The lowest BCUT2D eigenvalue weighted by atomic mass is 9.81. The van der Waals surface area contributed by atoms with Gasteiger partial charge in [0.25, 0.3) is 0 Å². The lowest BCUT2D eigenvalue weighted by molar-refractivity contribution is -0.0970. The van der Waals surface area contributed by atoms with Crippen LogP contribution in [0.15, 0.2) is 0 Å². The van der Waals surface area contributed by atoms with Gasteiger partial charge in [0.2, 0.25) is 0 Å². The van der Waals surface area contributed by atoms with Crippen molar-refractivity contribution in [3.63, 3.8) is 0 Å². The molecule has 70 valence electrons. The second-order valence-corrected chi connectivity index (χ2v) is 4.27. The zero-order chi connectivity index (χ0) is 8.72. The molecule has 3 unspecified atom stereocenters. The van der Waals surface area contributed by atoms with Gasteiger partial charge in [0.1, 0.15) is 0 Å². The van der Waals surface area contributed by atoms with E-state index in [-0.39, 0.29) is 6.10 Å². The van der Waals surface area contributed by atoms with E-state index in [1.54, 1.807) is 0 Å². The van der Waals surface area contributed by atoms with Crippen LogP contribution in [0.5, 0.6) is 0 Å². The van der Waals surface area contributed by atoms with Crippen LogP contribution in [-0.2, 0) is 0 Å². The van der Waals surface area contributed by atoms with Crippen molar-refractivity contribution in [2.45, 2.75) is 32.0 Å². The fourth-order valence-electron chi connectivity index (χ4n) is 2.45. The summed E-state index contributed by atoms with van der Waals surface area (Å²) in [4.78, 5) is 2.40. The van der Waals surface area contributed by atoms with Gasteiger partial charge in [-0.3, -0.25) is 4.90 Å². The van der Waals surface area contributed by atoms with Gasteiger partial charge in [-0.05, 0) is 13.8 Å². The predicted octanol–water partition coefficient (Wildman–Crippen LogP) is -0.341. The highest BCUT2D eigenvalue weighted by molar-refractivity contribution is 5.01. The first-order valence-electron chi connectivity index (χ1n) is 4.84. The van der Waals surface area contributed by atoms with Crippen molar-refractivity contribution in [1.82, 2.24) is 10.2 Å². The van der Waals surface area contributed by atoms with Crippen LogP contribution in [-0.4, -0.2) is 47.8 Å². The maximum absolute atomic E-state index is 9.71. The molecule has 0 spiro atoms. The predicted molar refractivity (Wildman–Crippen MR) is 48.0 cm³/mol. The third-order valence-corrected chi connectivity index (χ3v) is 3.13. The molecule has 0 amide bonds. The fraction of sp³-hybridized carbons (Fsp3) is 1.00. The van der Waals surface area contributed by atoms with Crippen LogP contribution in [0.25, 0.3) is 0 Å². The molecule has 3 heteroatoms. The zero-order valence-corrected chi connectivity index (χ0v) is 7.83. The van der Waals surface area contributed by atoms with Gasteiger partial charge in [0.05, 0.1) is 6.10 Å². The van der Waals surface area contributed by atoms with E-state index in [9.17, 15) is 5.11 Å². The van der Waals surface area contributed by atoms with E-state index in [2.05, 4.69) is 24.1 Å². The molecule has 0 aromatic rings. The average Bonchev–Trinajstić information content (AvgIpc) is 1.91. The molecule has 3 atom stereocenters. The van der Waals surface area contributed by atoms with Gasteiger partial charge in [0.15, 0.2) is 0 Å². The Kier molecular flexibility index (Phi) is 2.10. The summed E-state index contributed by atoms with van der Waals surface area (Å²) in [6.07, 6.45) is -0.153. The Morgan fingerprint density at radius 2 is 2.17 bits per heavy atom. The van der Waals surface area contributed by atoms with Crippen molar-refractivity contribution in [1.29, 1.82) is 0 Å².